The molecular formula is C27H36F3N7OS. The van der Waals surface area contributed by atoms with Crippen LogP contribution in [-0.2, 0) is 11.3 Å². The van der Waals surface area contributed by atoms with E-state index in [1.54, 1.807) is 19.0 Å². The Morgan fingerprint density at radius 1 is 1.13 bits per heavy atom. The highest BCUT2D eigenvalue weighted by atomic mass is 32.1. The minimum absolute atomic E-state index is 0.175. The normalized spacial score (nSPS) is 21.8. The number of likely N-dealkylation sites (N-methyl/N-ethyl adjacent to an activating group) is 1. The number of hydrazine groups is 1. The molecule has 2 unspecified atom stereocenters. The van der Waals surface area contributed by atoms with Crippen molar-refractivity contribution in [3.05, 3.63) is 69.8 Å². The van der Waals surface area contributed by atoms with Crippen molar-refractivity contribution in [1.82, 2.24) is 29.9 Å². The van der Waals surface area contributed by atoms with E-state index in [2.05, 4.69) is 27.8 Å². The van der Waals surface area contributed by atoms with Crippen LogP contribution in [0.15, 0.2) is 63.7 Å². The lowest BCUT2D eigenvalue weighted by atomic mass is 9.97. The van der Waals surface area contributed by atoms with Gasteiger partial charge >= 0.3 is 6.18 Å². The van der Waals surface area contributed by atoms with Crippen molar-refractivity contribution in [2.24, 2.45) is 4.99 Å². The zero-order chi connectivity index (χ0) is 28.5. The van der Waals surface area contributed by atoms with Gasteiger partial charge in [-0.1, -0.05) is 44.0 Å². The van der Waals surface area contributed by atoms with Crippen LogP contribution in [0.25, 0.3) is 0 Å². The molecule has 3 aliphatic heterocycles. The molecule has 39 heavy (non-hydrogen) atoms. The summed E-state index contributed by atoms with van der Waals surface area (Å²) in [6.45, 7) is 6.84. The smallest absolute Gasteiger partial charge is 0.347 e. The van der Waals surface area contributed by atoms with E-state index in [0.29, 0.717) is 37.3 Å². The molecule has 2 atom stereocenters. The lowest BCUT2D eigenvalue weighted by Gasteiger charge is -2.33. The van der Waals surface area contributed by atoms with Crippen molar-refractivity contribution in [2.75, 3.05) is 27.2 Å². The zero-order valence-corrected chi connectivity index (χ0v) is 23.8. The minimum Gasteiger partial charge on any atom is -0.347 e. The number of nitrogens with zero attached hydrogens (tertiary/aromatic N) is 5. The summed E-state index contributed by atoms with van der Waals surface area (Å²) < 4.78 is 42.8. The number of allylic oxidation sites excluding steroid dienone is 3. The van der Waals surface area contributed by atoms with Crippen LogP contribution < -0.4 is 10.0 Å². The van der Waals surface area contributed by atoms with Gasteiger partial charge in [0.05, 0.1) is 12.5 Å². The van der Waals surface area contributed by atoms with Crippen molar-refractivity contribution in [3.63, 3.8) is 0 Å². The molecule has 0 saturated carbocycles. The molecule has 0 aliphatic carbocycles. The van der Waals surface area contributed by atoms with Crippen molar-refractivity contribution in [1.29, 1.82) is 0 Å². The first-order valence-corrected chi connectivity index (χ1v) is 13.4. The molecule has 0 spiro atoms. The van der Waals surface area contributed by atoms with Gasteiger partial charge in [-0.3, -0.25) is 9.52 Å². The first kappa shape index (κ1) is 29.0. The lowest BCUT2D eigenvalue weighted by Crippen LogP contribution is -2.39. The largest absolute Gasteiger partial charge is 0.394 e. The summed E-state index contributed by atoms with van der Waals surface area (Å²) in [6, 6.07) is 7.33. The molecule has 0 fully saturated rings. The minimum atomic E-state index is -4.31. The molecule has 0 bridgehead atoms. The summed E-state index contributed by atoms with van der Waals surface area (Å²) in [5, 5.41) is 6.55. The average Bonchev–Trinajstić information content (AvgIpc) is 3.29. The van der Waals surface area contributed by atoms with E-state index in [-0.39, 0.29) is 23.9 Å². The van der Waals surface area contributed by atoms with Gasteiger partial charge in [-0.05, 0) is 42.5 Å². The van der Waals surface area contributed by atoms with Crippen LogP contribution in [0.3, 0.4) is 0 Å². The first-order chi connectivity index (χ1) is 18.5. The van der Waals surface area contributed by atoms with E-state index in [0.717, 1.165) is 22.4 Å². The number of halogens is 3. The quantitative estimate of drug-likeness (QED) is 0.390. The van der Waals surface area contributed by atoms with E-state index in [9.17, 15) is 18.0 Å². The second-order valence-electron chi connectivity index (χ2n) is 10.0. The third-order valence-corrected chi connectivity index (χ3v) is 7.56. The summed E-state index contributed by atoms with van der Waals surface area (Å²) in [5.41, 5.74) is 5.20. The molecule has 212 valence electrons. The number of thiol groups is 1. The zero-order valence-electron chi connectivity index (χ0n) is 22.9. The standard InChI is InChI=1S/C27H36F3N7OS/c1-6-21-24(36-16-17(2)14-32-26(36)34(21)4)25(38)31-15-19-7-9-20(10-8-19)23-18(3)22(13-27(28,29)30)37(35(23)5)12-11-33-39/h7-10,14,16,23,26,33,39H,6,11-13,15H2,1-5H3,(H,31,38). The maximum Gasteiger partial charge on any atom is 0.394 e. The van der Waals surface area contributed by atoms with Gasteiger partial charge in [0, 0.05) is 57.5 Å². The summed E-state index contributed by atoms with van der Waals surface area (Å²) >= 11 is 3.99. The van der Waals surface area contributed by atoms with Crippen molar-refractivity contribution in [2.45, 2.75) is 58.7 Å². The Kier molecular flexibility index (Phi) is 8.67. The molecule has 4 rings (SSSR count). The van der Waals surface area contributed by atoms with Gasteiger partial charge in [0.25, 0.3) is 5.91 Å². The maximum absolute atomic E-state index is 13.4. The molecule has 8 nitrogen and oxygen atoms in total. The van der Waals surface area contributed by atoms with E-state index in [4.69, 9.17) is 0 Å². The highest BCUT2D eigenvalue weighted by Crippen LogP contribution is 2.42. The molecule has 2 N–H and O–H groups in total. The van der Waals surface area contributed by atoms with Gasteiger partial charge in [-0.15, -0.1) is 0 Å². The number of carbonyl (C=O) groups is 1. The van der Waals surface area contributed by atoms with E-state index < -0.39 is 12.6 Å². The first-order valence-electron chi connectivity index (χ1n) is 12.9. The fourth-order valence-corrected chi connectivity index (χ4v) is 5.65. The second kappa shape index (κ2) is 11.6. The number of rotatable bonds is 9. The highest BCUT2D eigenvalue weighted by molar-refractivity contribution is 7.78. The monoisotopic (exact) mass is 563 g/mol. The topological polar surface area (TPSA) is 66.5 Å². The molecule has 0 saturated heterocycles. The fraction of sp³-hybridized carbons (Fsp3) is 0.481. The van der Waals surface area contributed by atoms with Gasteiger partial charge in [0.15, 0.2) is 0 Å². The van der Waals surface area contributed by atoms with Crippen LogP contribution in [0.2, 0.25) is 0 Å². The number of hydrogen-bond donors (Lipinski definition) is 3. The average molecular weight is 564 g/mol. The number of nitrogens with one attached hydrogen (secondary N) is 2. The third-order valence-electron chi connectivity index (χ3n) is 7.34. The predicted octanol–water partition coefficient (Wildman–Crippen LogP) is 4.31. The molecule has 1 amide bonds. The van der Waals surface area contributed by atoms with Crippen molar-refractivity contribution < 1.29 is 18.0 Å². The SMILES string of the molecule is CCC1=C(C(=O)NCc2ccc(C3C(C)=C(CC(F)(F)F)N(CCNS)N3C)cc2)N2C=C(C)C=NC2N1C. The van der Waals surface area contributed by atoms with Crippen LogP contribution in [0, 0.1) is 0 Å². The summed E-state index contributed by atoms with van der Waals surface area (Å²) in [6.07, 6.45) is -1.10. The van der Waals surface area contributed by atoms with Crippen LogP contribution >= 0.6 is 12.8 Å². The Morgan fingerprint density at radius 3 is 2.44 bits per heavy atom. The van der Waals surface area contributed by atoms with Crippen LogP contribution in [0.1, 0.15) is 50.8 Å². The Labute approximate surface area is 233 Å². The summed E-state index contributed by atoms with van der Waals surface area (Å²) in [4.78, 5) is 21.8. The molecule has 0 radical (unpaired) electrons. The molecule has 1 aromatic rings. The van der Waals surface area contributed by atoms with Gasteiger partial charge in [-0.2, -0.15) is 13.2 Å². The highest BCUT2D eigenvalue weighted by Gasteiger charge is 2.41. The number of alkyl halides is 3. The Hall–Kier alpha value is -2.96. The van der Waals surface area contributed by atoms with Gasteiger partial charge in [-0.25, -0.2) is 10.0 Å². The molecular weight excluding hydrogens is 527 g/mol. The number of carbonyl (C=O) groups excluding carboxylic acids is 1. The van der Waals surface area contributed by atoms with Gasteiger partial charge in [0.1, 0.15) is 5.70 Å². The summed E-state index contributed by atoms with van der Waals surface area (Å²) in [5.74, 6) is -0.175. The van der Waals surface area contributed by atoms with E-state index in [1.165, 1.54) is 0 Å². The molecule has 0 aromatic heterocycles. The van der Waals surface area contributed by atoms with Crippen molar-refractivity contribution >= 4 is 24.9 Å². The van der Waals surface area contributed by atoms with Crippen LogP contribution in [-0.4, -0.2) is 71.6 Å². The second-order valence-corrected chi connectivity index (χ2v) is 10.3. The fourth-order valence-electron chi connectivity index (χ4n) is 5.55. The van der Waals surface area contributed by atoms with E-state index >= 15 is 0 Å². The lowest BCUT2D eigenvalue weighted by molar-refractivity contribution is -0.134. The molecule has 3 heterocycles. The van der Waals surface area contributed by atoms with Crippen LogP contribution in [0.5, 0.6) is 0 Å². The third kappa shape index (κ3) is 5.97. The number of hydrogen-bond acceptors (Lipinski definition) is 8. The van der Waals surface area contributed by atoms with Crippen LogP contribution in [0.4, 0.5) is 13.2 Å². The molecule has 12 heteroatoms. The van der Waals surface area contributed by atoms with Gasteiger partial charge < -0.3 is 20.1 Å². The number of aliphatic imine (C=N–C) groups is 1. The summed E-state index contributed by atoms with van der Waals surface area (Å²) in [7, 11) is 3.74. The maximum atomic E-state index is 13.4. The van der Waals surface area contributed by atoms with E-state index in [1.807, 2.05) is 72.4 Å². The molecule has 1 aromatic carbocycles. The predicted molar refractivity (Wildman–Crippen MR) is 149 cm³/mol. The van der Waals surface area contributed by atoms with Gasteiger partial charge in [0.2, 0.25) is 6.29 Å². The Balaban J connectivity index is 1.48. The van der Waals surface area contributed by atoms with Crippen molar-refractivity contribution in [3.8, 4) is 0 Å². The number of fused-ring (bicyclic) bond motifs is 1. The Bertz CT molecular complexity index is 1210. The number of amides is 1. The Morgan fingerprint density at radius 2 is 1.82 bits per heavy atom. The number of benzene rings is 1. The molecule has 3 aliphatic rings.